The Labute approximate surface area is 125 Å². The van der Waals surface area contributed by atoms with Crippen molar-refractivity contribution < 1.29 is 9.53 Å². The van der Waals surface area contributed by atoms with E-state index in [-0.39, 0.29) is 5.78 Å². The maximum absolute atomic E-state index is 13.0. The number of carbonyl (C=O) groups is 1. The quantitative estimate of drug-likeness (QED) is 0.778. The van der Waals surface area contributed by atoms with Gasteiger partial charge in [-0.15, -0.1) is 0 Å². The smallest absolute Gasteiger partial charge is 0.214 e. The summed E-state index contributed by atoms with van der Waals surface area (Å²) in [6.45, 7) is 7.24. The van der Waals surface area contributed by atoms with Crippen molar-refractivity contribution in [2.45, 2.75) is 58.6 Å². The third-order valence-corrected chi connectivity index (χ3v) is 4.38. The van der Waals surface area contributed by atoms with Gasteiger partial charge >= 0.3 is 0 Å². The molecule has 0 aromatic carbocycles. The topological polar surface area (TPSA) is 44.1 Å². The van der Waals surface area contributed by atoms with Crippen LogP contribution in [0.2, 0.25) is 5.02 Å². The monoisotopic (exact) mass is 298 g/mol. The molecule has 1 saturated carbocycles. The fraction of sp³-hybridized carbons (Fsp3) is 0.733. The lowest BCUT2D eigenvalue weighted by atomic mass is 9.75. The second-order valence-electron chi connectivity index (χ2n) is 5.61. The van der Waals surface area contributed by atoms with E-state index >= 15 is 0 Å². The van der Waals surface area contributed by atoms with Crippen molar-refractivity contribution in [1.29, 1.82) is 0 Å². The standard InChI is InChI=1S/C15H23ClN2O2/c1-4-18-13(12(16)10-17-18)14(19)15(20-5-2)8-6-7-11(3)9-15/h10-11H,4-9H2,1-3H3. The average molecular weight is 299 g/mol. The summed E-state index contributed by atoms with van der Waals surface area (Å²) < 4.78 is 7.60. The summed E-state index contributed by atoms with van der Waals surface area (Å²) in [5, 5.41) is 4.59. The number of hydrogen-bond acceptors (Lipinski definition) is 3. The van der Waals surface area contributed by atoms with E-state index in [1.807, 2.05) is 13.8 Å². The highest BCUT2D eigenvalue weighted by Crippen LogP contribution is 2.38. The van der Waals surface area contributed by atoms with Crippen LogP contribution in [0.4, 0.5) is 0 Å². The Bertz CT molecular complexity index is 482. The molecule has 0 saturated heterocycles. The van der Waals surface area contributed by atoms with Gasteiger partial charge in [0.05, 0.1) is 11.2 Å². The molecule has 5 heteroatoms. The summed E-state index contributed by atoms with van der Waals surface area (Å²) >= 11 is 6.18. The van der Waals surface area contributed by atoms with Crippen LogP contribution in [-0.4, -0.2) is 27.8 Å². The highest BCUT2D eigenvalue weighted by molar-refractivity contribution is 6.34. The van der Waals surface area contributed by atoms with Crippen LogP contribution < -0.4 is 0 Å². The van der Waals surface area contributed by atoms with E-state index in [9.17, 15) is 4.79 Å². The van der Waals surface area contributed by atoms with Crippen molar-refractivity contribution in [2.24, 2.45) is 5.92 Å². The minimum Gasteiger partial charge on any atom is -0.367 e. The van der Waals surface area contributed by atoms with E-state index < -0.39 is 5.60 Å². The van der Waals surface area contributed by atoms with Crippen LogP contribution in [0.3, 0.4) is 0 Å². The van der Waals surface area contributed by atoms with E-state index in [1.54, 1.807) is 10.9 Å². The summed E-state index contributed by atoms with van der Waals surface area (Å²) in [6, 6.07) is 0. The van der Waals surface area contributed by atoms with Crippen LogP contribution in [-0.2, 0) is 11.3 Å². The Hall–Kier alpha value is -0.870. The number of ketones is 1. The lowest BCUT2D eigenvalue weighted by Gasteiger charge is -2.38. The van der Waals surface area contributed by atoms with E-state index in [4.69, 9.17) is 16.3 Å². The van der Waals surface area contributed by atoms with Crippen molar-refractivity contribution in [2.75, 3.05) is 6.61 Å². The fourth-order valence-corrected chi connectivity index (χ4v) is 3.45. The fourth-order valence-electron chi connectivity index (χ4n) is 3.23. The molecule has 20 heavy (non-hydrogen) atoms. The SMILES string of the molecule is CCOC1(C(=O)c2c(Cl)cnn2CC)CCCC(C)C1. The van der Waals surface area contributed by atoms with Crippen molar-refractivity contribution >= 4 is 17.4 Å². The van der Waals surface area contributed by atoms with Gasteiger partial charge in [0, 0.05) is 13.2 Å². The summed E-state index contributed by atoms with van der Waals surface area (Å²) in [6.07, 6.45) is 5.26. The summed E-state index contributed by atoms with van der Waals surface area (Å²) in [7, 11) is 0. The lowest BCUT2D eigenvalue weighted by molar-refractivity contribution is -0.0517. The molecule has 1 aliphatic rings. The number of aromatic nitrogens is 2. The van der Waals surface area contributed by atoms with E-state index in [1.165, 1.54) is 0 Å². The Morgan fingerprint density at radius 3 is 2.95 bits per heavy atom. The van der Waals surface area contributed by atoms with Crippen LogP contribution in [0.15, 0.2) is 6.20 Å². The van der Waals surface area contributed by atoms with Gasteiger partial charge < -0.3 is 4.74 Å². The number of rotatable bonds is 5. The molecule has 1 heterocycles. The van der Waals surface area contributed by atoms with Crippen LogP contribution in [0.25, 0.3) is 0 Å². The maximum atomic E-state index is 13.0. The Morgan fingerprint density at radius 1 is 1.60 bits per heavy atom. The van der Waals surface area contributed by atoms with Crippen molar-refractivity contribution in [3.63, 3.8) is 0 Å². The largest absolute Gasteiger partial charge is 0.367 e. The molecule has 2 rings (SSSR count). The number of hydrogen-bond donors (Lipinski definition) is 0. The Balaban J connectivity index is 2.38. The number of ether oxygens (including phenoxy) is 1. The van der Waals surface area contributed by atoms with Crippen LogP contribution in [0, 0.1) is 5.92 Å². The van der Waals surface area contributed by atoms with Gasteiger partial charge in [-0.05, 0) is 39.0 Å². The molecular formula is C15H23ClN2O2. The second kappa shape index (κ2) is 6.27. The molecule has 0 bridgehead atoms. The molecular weight excluding hydrogens is 276 g/mol. The van der Waals surface area contributed by atoms with E-state index in [2.05, 4.69) is 12.0 Å². The number of halogens is 1. The zero-order valence-corrected chi connectivity index (χ0v) is 13.2. The van der Waals surface area contributed by atoms with Crippen molar-refractivity contribution in [3.8, 4) is 0 Å². The third-order valence-electron chi connectivity index (χ3n) is 4.10. The van der Waals surface area contributed by atoms with Gasteiger partial charge in [0.1, 0.15) is 11.3 Å². The first-order valence-corrected chi connectivity index (χ1v) is 7.82. The number of carbonyl (C=O) groups excluding carboxylic acids is 1. The first kappa shape index (κ1) is 15.5. The average Bonchev–Trinajstić information content (AvgIpc) is 2.79. The predicted octanol–water partition coefficient (Wildman–Crippen LogP) is 3.72. The predicted molar refractivity (Wildman–Crippen MR) is 79.2 cm³/mol. The van der Waals surface area contributed by atoms with Gasteiger partial charge in [-0.1, -0.05) is 24.9 Å². The lowest BCUT2D eigenvalue weighted by Crippen LogP contribution is -2.46. The summed E-state index contributed by atoms with van der Waals surface area (Å²) in [5.74, 6) is 0.492. The highest BCUT2D eigenvalue weighted by Gasteiger charge is 2.44. The third kappa shape index (κ3) is 2.77. The molecule has 1 aromatic rings. The zero-order chi connectivity index (χ0) is 14.8. The molecule has 2 unspecified atom stereocenters. The first-order chi connectivity index (χ1) is 9.54. The minimum atomic E-state index is -0.719. The number of aryl methyl sites for hydroxylation is 1. The normalized spacial score (nSPS) is 26.7. The number of Topliss-reactive ketones (excluding diaryl/α,β-unsaturated/α-hetero) is 1. The van der Waals surface area contributed by atoms with Gasteiger partial charge in [0.15, 0.2) is 0 Å². The van der Waals surface area contributed by atoms with Crippen LogP contribution in [0.5, 0.6) is 0 Å². The zero-order valence-electron chi connectivity index (χ0n) is 12.5. The van der Waals surface area contributed by atoms with Gasteiger partial charge in [-0.2, -0.15) is 5.10 Å². The van der Waals surface area contributed by atoms with E-state index in [0.29, 0.717) is 29.8 Å². The first-order valence-electron chi connectivity index (χ1n) is 7.44. The highest BCUT2D eigenvalue weighted by atomic mass is 35.5. The Morgan fingerprint density at radius 2 is 2.35 bits per heavy atom. The molecule has 1 aromatic heterocycles. The molecule has 0 N–H and O–H groups in total. The van der Waals surface area contributed by atoms with Crippen molar-refractivity contribution in [3.05, 3.63) is 16.9 Å². The molecule has 112 valence electrons. The van der Waals surface area contributed by atoms with Crippen molar-refractivity contribution in [1.82, 2.24) is 9.78 Å². The van der Waals surface area contributed by atoms with E-state index in [0.717, 1.165) is 25.7 Å². The molecule has 0 spiro atoms. The summed E-state index contributed by atoms with van der Waals surface area (Å²) in [5.41, 5.74) is -0.222. The molecule has 0 amide bonds. The van der Waals surface area contributed by atoms with Gasteiger partial charge in [0.25, 0.3) is 0 Å². The van der Waals surface area contributed by atoms with Gasteiger partial charge in [-0.3, -0.25) is 9.48 Å². The molecule has 2 atom stereocenters. The molecule has 1 aliphatic carbocycles. The summed E-state index contributed by atoms with van der Waals surface area (Å²) in [4.78, 5) is 13.0. The minimum absolute atomic E-state index is 0.00440. The van der Waals surface area contributed by atoms with Gasteiger partial charge in [0.2, 0.25) is 5.78 Å². The molecule has 0 aliphatic heterocycles. The van der Waals surface area contributed by atoms with Crippen LogP contribution >= 0.6 is 11.6 Å². The molecule has 1 fully saturated rings. The maximum Gasteiger partial charge on any atom is 0.214 e. The van der Waals surface area contributed by atoms with Crippen LogP contribution in [0.1, 0.15) is 56.9 Å². The second-order valence-corrected chi connectivity index (χ2v) is 6.02. The van der Waals surface area contributed by atoms with Gasteiger partial charge in [-0.25, -0.2) is 0 Å². The molecule has 0 radical (unpaired) electrons. The molecule has 4 nitrogen and oxygen atoms in total. The number of nitrogens with zero attached hydrogens (tertiary/aromatic N) is 2. The Kier molecular flexibility index (Phi) is 4.86.